The van der Waals surface area contributed by atoms with E-state index in [4.69, 9.17) is 5.26 Å². The molecule has 0 spiro atoms. The van der Waals surface area contributed by atoms with Gasteiger partial charge in [0, 0.05) is 21.0 Å². The minimum atomic E-state index is -0.409. The molecule has 0 aromatic heterocycles. The van der Waals surface area contributed by atoms with Gasteiger partial charge in [-0.3, -0.25) is 4.79 Å². The SMILES string of the molecule is Cc1cc(I)ccc1NC(=O)/C(C#N)=C\NC(C)(C)C. The van der Waals surface area contributed by atoms with Crippen LogP contribution in [-0.4, -0.2) is 11.4 Å². The van der Waals surface area contributed by atoms with Gasteiger partial charge in [-0.1, -0.05) is 0 Å². The number of nitrogens with zero attached hydrogens (tertiary/aromatic N) is 1. The lowest BCUT2D eigenvalue weighted by Gasteiger charge is -2.19. The van der Waals surface area contributed by atoms with E-state index in [2.05, 4.69) is 33.2 Å². The molecule has 0 atom stereocenters. The highest BCUT2D eigenvalue weighted by Gasteiger charge is 2.13. The summed E-state index contributed by atoms with van der Waals surface area (Å²) in [6.45, 7) is 7.79. The van der Waals surface area contributed by atoms with Gasteiger partial charge in [0.15, 0.2) is 0 Å². The smallest absolute Gasteiger partial charge is 0.267 e. The molecule has 1 amide bonds. The van der Waals surface area contributed by atoms with E-state index in [-0.39, 0.29) is 11.1 Å². The summed E-state index contributed by atoms with van der Waals surface area (Å²) in [6, 6.07) is 7.63. The first-order valence-electron chi connectivity index (χ1n) is 6.18. The molecule has 0 fully saturated rings. The second-order valence-corrected chi connectivity index (χ2v) is 6.72. The van der Waals surface area contributed by atoms with Crippen molar-refractivity contribution in [1.82, 2.24) is 5.32 Å². The van der Waals surface area contributed by atoms with Gasteiger partial charge in [-0.15, -0.1) is 0 Å². The van der Waals surface area contributed by atoms with Gasteiger partial charge in [0.1, 0.15) is 11.6 Å². The average Bonchev–Trinajstić information content (AvgIpc) is 2.32. The molecule has 1 aromatic carbocycles. The number of hydrogen-bond acceptors (Lipinski definition) is 3. The number of aryl methyl sites for hydroxylation is 1. The van der Waals surface area contributed by atoms with Crippen molar-refractivity contribution in [3.63, 3.8) is 0 Å². The highest BCUT2D eigenvalue weighted by atomic mass is 127. The van der Waals surface area contributed by atoms with Crippen molar-refractivity contribution in [2.24, 2.45) is 0 Å². The summed E-state index contributed by atoms with van der Waals surface area (Å²) in [5.74, 6) is -0.409. The van der Waals surface area contributed by atoms with Gasteiger partial charge >= 0.3 is 0 Å². The van der Waals surface area contributed by atoms with Crippen LogP contribution in [-0.2, 0) is 4.79 Å². The lowest BCUT2D eigenvalue weighted by Crippen LogP contribution is -2.32. The Bertz CT molecular complexity index is 580. The molecular weight excluding hydrogens is 365 g/mol. The Labute approximate surface area is 133 Å². The van der Waals surface area contributed by atoms with E-state index >= 15 is 0 Å². The van der Waals surface area contributed by atoms with Gasteiger partial charge in [-0.05, 0) is 74.0 Å². The number of carbonyl (C=O) groups excluding carboxylic acids is 1. The Balaban J connectivity index is 2.86. The van der Waals surface area contributed by atoms with Crippen molar-refractivity contribution < 1.29 is 4.79 Å². The predicted octanol–water partition coefficient (Wildman–Crippen LogP) is 3.33. The van der Waals surface area contributed by atoms with Crippen LogP contribution in [0.3, 0.4) is 0 Å². The number of rotatable bonds is 3. The Morgan fingerprint density at radius 3 is 2.55 bits per heavy atom. The van der Waals surface area contributed by atoms with Gasteiger partial charge in [0.25, 0.3) is 5.91 Å². The summed E-state index contributed by atoms with van der Waals surface area (Å²) in [6.07, 6.45) is 1.46. The molecule has 2 N–H and O–H groups in total. The molecule has 1 rings (SSSR count). The van der Waals surface area contributed by atoms with E-state index in [0.717, 1.165) is 9.13 Å². The third-order valence-corrected chi connectivity index (χ3v) is 3.12. The van der Waals surface area contributed by atoms with Crippen molar-refractivity contribution in [3.05, 3.63) is 39.1 Å². The average molecular weight is 383 g/mol. The standard InChI is InChI=1S/C15H18IN3O/c1-10-7-12(16)5-6-13(10)19-14(20)11(8-17)9-18-15(2,3)4/h5-7,9,18H,1-4H3,(H,19,20)/b11-9-. The predicted molar refractivity (Wildman–Crippen MR) is 89.1 cm³/mol. The lowest BCUT2D eigenvalue weighted by molar-refractivity contribution is -0.112. The number of nitriles is 1. The molecule has 0 aliphatic rings. The van der Waals surface area contributed by atoms with E-state index in [1.165, 1.54) is 6.20 Å². The number of hydrogen-bond donors (Lipinski definition) is 2. The van der Waals surface area contributed by atoms with Crippen LogP contribution in [0.5, 0.6) is 0 Å². The minimum absolute atomic E-state index is 0.0536. The van der Waals surface area contributed by atoms with Gasteiger partial charge in [-0.2, -0.15) is 5.26 Å². The molecule has 4 nitrogen and oxygen atoms in total. The molecule has 1 aromatic rings. The monoisotopic (exact) mass is 383 g/mol. The Morgan fingerprint density at radius 1 is 1.40 bits per heavy atom. The molecule has 20 heavy (non-hydrogen) atoms. The first-order chi connectivity index (χ1) is 9.23. The second-order valence-electron chi connectivity index (χ2n) is 5.48. The van der Waals surface area contributed by atoms with E-state index in [1.54, 1.807) is 0 Å². The molecule has 0 bridgehead atoms. The molecule has 0 radical (unpaired) electrons. The fourth-order valence-corrected chi connectivity index (χ4v) is 2.04. The van der Waals surface area contributed by atoms with Crippen LogP contribution < -0.4 is 10.6 Å². The fraction of sp³-hybridized carbons (Fsp3) is 0.333. The second kappa shape index (κ2) is 6.75. The summed E-state index contributed by atoms with van der Waals surface area (Å²) < 4.78 is 1.10. The molecule has 106 valence electrons. The minimum Gasteiger partial charge on any atom is -0.385 e. The number of amides is 1. The summed E-state index contributed by atoms with van der Waals surface area (Å²) in [7, 11) is 0. The summed E-state index contributed by atoms with van der Waals surface area (Å²) in [4.78, 5) is 12.1. The van der Waals surface area contributed by atoms with Crippen LogP contribution in [0, 0.1) is 21.8 Å². The molecular formula is C15H18IN3O. The molecule has 0 saturated carbocycles. The van der Waals surface area contributed by atoms with Crippen molar-refractivity contribution in [1.29, 1.82) is 5.26 Å². The summed E-state index contributed by atoms with van der Waals surface area (Å²) in [5.41, 5.74) is 1.54. The zero-order chi connectivity index (χ0) is 15.3. The largest absolute Gasteiger partial charge is 0.385 e. The van der Waals surface area contributed by atoms with Gasteiger partial charge in [-0.25, -0.2) is 0 Å². The van der Waals surface area contributed by atoms with E-state index in [9.17, 15) is 4.79 Å². The van der Waals surface area contributed by atoms with Crippen LogP contribution in [0.4, 0.5) is 5.69 Å². The number of nitrogens with one attached hydrogen (secondary N) is 2. The Morgan fingerprint density at radius 2 is 2.05 bits per heavy atom. The van der Waals surface area contributed by atoms with E-state index in [1.807, 2.05) is 52.0 Å². The fourth-order valence-electron chi connectivity index (χ4n) is 1.39. The van der Waals surface area contributed by atoms with Crippen molar-refractivity contribution in [2.75, 3.05) is 5.32 Å². The zero-order valence-electron chi connectivity index (χ0n) is 12.0. The first-order valence-corrected chi connectivity index (χ1v) is 7.26. The Kier molecular flexibility index (Phi) is 5.57. The van der Waals surface area contributed by atoms with Gasteiger partial charge < -0.3 is 10.6 Å². The third kappa shape index (κ3) is 5.21. The van der Waals surface area contributed by atoms with Gasteiger partial charge in [0.05, 0.1) is 0 Å². The van der Waals surface area contributed by atoms with Crippen LogP contribution in [0.1, 0.15) is 26.3 Å². The van der Waals surface area contributed by atoms with E-state index in [0.29, 0.717) is 5.69 Å². The van der Waals surface area contributed by atoms with Crippen molar-refractivity contribution >= 4 is 34.2 Å². The third-order valence-electron chi connectivity index (χ3n) is 2.45. The topological polar surface area (TPSA) is 64.9 Å². The van der Waals surface area contributed by atoms with Crippen LogP contribution in [0.25, 0.3) is 0 Å². The normalized spacial score (nSPS) is 11.7. The summed E-state index contributed by atoms with van der Waals surface area (Å²) in [5, 5.41) is 14.8. The number of anilines is 1. The van der Waals surface area contributed by atoms with Gasteiger partial charge in [0.2, 0.25) is 0 Å². The van der Waals surface area contributed by atoms with Crippen LogP contribution >= 0.6 is 22.6 Å². The van der Waals surface area contributed by atoms with Crippen LogP contribution in [0.15, 0.2) is 30.0 Å². The number of halogens is 1. The molecule has 0 unspecified atom stereocenters. The molecule has 0 aliphatic carbocycles. The summed E-state index contributed by atoms with van der Waals surface area (Å²) >= 11 is 2.21. The highest BCUT2D eigenvalue weighted by molar-refractivity contribution is 14.1. The molecule has 5 heteroatoms. The van der Waals surface area contributed by atoms with Crippen LogP contribution in [0.2, 0.25) is 0 Å². The zero-order valence-corrected chi connectivity index (χ0v) is 14.2. The van der Waals surface area contributed by atoms with Crippen molar-refractivity contribution in [2.45, 2.75) is 33.2 Å². The molecule has 0 aliphatic heterocycles. The maximum Gasteiger partial charge on any atom is 0.267 e. The van der Waals surface area contributed by atoms with Crippen molar-refractivity contribution in [3.8, 4) is 6.07 Å². The first kappa shape index (κ1) is 16.5. The highest BCUT2D eigenvalue weighted by Crippen LogP contribution is 2.18. The van der Waals surface area contributed by atoms with E-state index < -0.39 is 5.91 Å². The maximum absolute atomic E-state index is 12.1. The quantitative estimate of drug-likeness (QED) is 0.478. The number of carbonyl (C=O) groups is 1. The molecule has 0 heterocycles. The maximum atomic E-state index is 12.1. The lowest BCUT2D eigenvalue weighted by atomic mass is 10.1. The number of benzene rings is 1. The Hall–Kier alpha value is -1.55. The molecule has 0 saturated heterocycles.